The summed E-state index contributed by atoms with van der Waals surface area (Å²) in [6.07, 6.45) is 0.840. The molecule has 0 aliphatic heterocycles. The zero-order chi connectivity index (χ0) is 13.8. The Bertz CT molecular complexity index is 530. The van der Waals surface area contributed by atoms with Crippen LogP contribution in [0.15, 0.2) is 36.5 Å². The number of nitrogens with zero attached hydrogens (tertiary/aromatic N) is 1. The summed E-state index contributed by atoms with van der Waals surface area (Å²) in [5.74, 6) is 1.16. The van der Waals surface area contributed by atoms with Crippen molar-refractivity contribution in [1.82, 2.24) is 4.98 Å². The molecule has 0 spiro atoms. The zero-order valence-corrected chi connectivity index (χ0v) is 11.3. The number of hydrogen-bond acceptors (Lipinski definition) is 4. The third kappa shape index (κ3) is 2.69. The van der Waals surface area contributed by atoms with Crippen LogP contribution in [-0.4, -0.2) is 24.3 Å². The minimum Gasteiger partial charge on any atom is -0.496 e. The van der Waals surface area contributed by atoms with Crippen LogP contribution in [0.2, 0.25) is 0 Å². The van der Waals surface area contributed by atoms with Crippen molar-refractivity contribution in [2.24, 2.45) is 0 Å². The van der Waals surface area contributed by atoms with Crippen molar-refractivity contribution in [2.75, 3.05) is 14.2 Å². The van der Waals surface area contributed by atoms with E-state index in [9.17, 15) is 5.11 Å². The average Bonchev–Trinajstić information content (AvgIpc) is 2.46. The molecule has 1 heterocycles. The van der Waals surface area contributed by atoms with Gasteiger partial charge in [0.2, 0.25) is 0 Å². The van der Waals surface area contributed by atoms with Crippen LogP contribution in [-0.2, 0) is 0 Å². The van der Waals surface area contributed by atoms with Crippen LogP contribution >= 0.6 is 0 Å². The lowest BCUT2D eigenvalue weighted by molar-refractivity contribution is 0.204. The summed E-state index contributed by atoms with van der Waals surface area (Å²) in [4.78, 5) is 4.24. The molecule has 100 valence electrons. The van der Waals surface area contributed by atoms with Crippen LogP contribution < -0.4 is 9.47 Å². The minimum atomic E-state index is -0.883. The van der Waals surface area contributed by atoms with Gasteiger partial charge in [-0.2, -0.15) is 0 Å². The Morgan fingerprint density at radius 2 is 1.68 bits per heavy atom. The average molecular weight is 259 g/mol. The van der Waals surface area contributed by atoms with Gasteiger partial charge in [-0.05, 0) is 30.7 Å². The Hall–Kier alpha value is -2.07. The second-order valence-electron chi connectivity index (χ2n) is 4.24. The molecule has 4 heteroatoms. The highest BCUT2D eigenvalue weighted by molar-refractivity contribution is 5.48. The van der Waals surface area contributed by atoms with Crippen molar-refractivity contribution < 1.29 is 14.6 Å². The van der Waals surface area contributed by atoms with E-state index in [1.54, 1.807) is 38.6 Å². The van der Waals surface area contributed by atoms with E-state index in [1.165, 1.54) is 0 Å². The Morgan fingerprint density at radius 3 is 2.16 bits per heavy atom. The van der Waals surface area contributed by atoms with Crippen molar-refractivity contribution in [3.05, 3.63) is 53.3 Å². The van der Waals surface area contributed by atoms with Crippen LogP contribution in [0.3, 0.4) is 0 Å². The van der Waals surface area contributed by atoms with Crippen LogP contribution in [0, 0.1) is 6.92 Å². The molecule has 0 saturated heterocycles. The van der Waals surface area contributed by atoms with E-state index >= 15 is 0 Å². The summed E-state index contributed by atoms with van der Waals surface area (Å²) in [6, 6.07) is 9.10. The molecule has 1 aromatic carbocycles. The van der Waals surface area contributed by atoms with Crippen LogP contribution in [0.4, 0.5) is 0 Å². The van der Waals surface area contributed by atoms with Gasteiger partial charge in [0, 0.05) is 6.20 Å². The molecule has 4 nitrogen and oxygen atoms in total. The van der Waals surface area contributed by atoms with Gasteiger partial charge in [0.15, 0.2) is 0 Å². The summed E-state index contributed by atoms with van der Waals surface area (Å²) in [5, 5.41) is 10.5. The van der Waals surface area contributed by atoms with Crippen LogP contribution in [0.25, 0.3) is 0 Å². The van der Waals surface area contributed by atoms with Gasteiger partial charge >= 0.3 is 0 Å². The van der Waals surface area contributed by atoms with E-state index in [-0.39, 0.29) is 0 Å². The molecule has 2 aromatic rings. The van der Waals surface area contributed by atoms with E-state index in [0.29, 0.717) is 22.8 Å². The molecule has 1 N–H and O–H groups in total. The number of methoxy groups -OCH3 is 2. The Balaban J connectivity index is 2.47. The van der Waals surface area contributed by atoms with Crippen LogP contribution in [0.1, 0.15) is 22.9 Å². The van der Waals surface area contributed by atoms with Gasteiger partial charge in [-0.15, -0.1) is 0 Å². The Kier molecular flexibility index (Phi) is 4.02. The lowest BCUT2D eigenvalue weighted by Gasteiger charge is -2.17. The molecule has 19 heavy (non-hydrogen) atoms. The summed E-state index contributed by atoms with van der Waals surface area (Å²) >= 11 is 0. The lowest BCUT2D eigenvalue weighted by atomic mass is 10.0. The van der Waals surface area contributed by atoms with Crippen LogP contribution in [0.5, 0.6) is 11.5 Å². The number of hydrogen-bond donors (Lipinski definition) is 1. The highest BCUT2D eigenvalue weighted by atomic mass is 16.5. The number of aryl methyl sites for hydroxylation is 1. The van der Waals surface area contributed by atoms with Crippen molar-refractivity contribution in [3.8, 4) is 11.5 Å². The van der Waals surface area contributed by atoms with Gasteiger partial charge in [0.05, 0.1) is 25.5 Å². The number of pyridine rings is 1. The van der Waals surface area contributed by atoms with Crippen molar-refractivity contribution >= 4 is 0 Å². The highest BCUT2D eigenvalue weighted by Gasteiger charge is 2.21. The van der Waals surface area contributed by atoms with E-state index < -0.39 is 6.10 Å². The number of aliphatic hydroxyl groups is 1. The molecule has 0 radical (unpaired) electrons. The second kappa shape index (κ2) is 5.71. The maximum absolute atomic E-state index is 10.5. The first kappa shape index (κ1) is 13.4. The van der Waals surface area contributed by atoms with Crippen molar-refractivity contribution in [1.29, 1.82) is 0 Å². The fourth-order valence-corrected chi connectivity index (χ4v) is 1.94. The summed E-state index contributed by atoms with van der Waals surface area (Å²) in [5.41, 5.74) is 2.19. The fourth-order valence-electron chi connectivity index (χ4n) is 1.94. The number of benzene rings is 1. The summed E-state index contributed by atoms with van der Waals surface area (Å²) in [7, 11) is 3.13. The second-order valence-corrected chi connectivity index (χ2v) is 4.24. The molecule has 0 saturated carbocycles. The highest BCUT2D eigenvalue weighted by Crippen LogP contribution is 2.36. The molecule has 0 aliphatic carbocycles. The summed E-state index contributed by atoms with van der Waals surface area (Å²) < 4.78 is 10.6. The first-order chi connectivity index (χ1) is 9.17. The Labute approximate surface area is 112 Å². The molecule has 1 unspecified atom stereocenters. The van der Waals surface area contributed by atoms with Gasteiger partial charge in [-0.25, -0.2) is 0 Å². The maximum Gasteiger partial charge on any atom is 0.128 e. The fraction of sp³-hybridized carbons (Fsp3) is 0.267. The Morgan fingerprint density at radius 1 is 1.05 bits per heavy atom. The third-order valence-corrected chi connectivity index (χ3v) is 2.95. The zero-order valence-electron chi connectivity index (χ0n) is 11.3. The van der Waals surface area contributed by atoms with Gasteiger partial charge in [-0.1, -0.05) is 12.1 Å². The molecular weight excluding hydrogens is 242 g/mol. The smallest absolute Gasteiger partial charge is 0.128 e. The molecular formula is C15H17NO3. The van der Waals surface area contributed by atoms with Gasteiger partial charge < -0.3 is 14.6 Å². The van der Waals surface area contributed by atoms with Gasteiger partial charge in [0.1, 0.15) is 17.6 Å². The normalized spacial score (nSPS) is 12.0. The van der Waals surface area contributed by atoms with E-state index in [1.807, 2.05) is 19.1 Å². The maximum atomic E-state index is 10.5. The predicted molar refractivity (Wildman–Crippen MR) is 72.6 cm³/mol. The molecule has 1 aromatic heterocycles. The molecule has 0 amide bonds. The van der Waals surface area contributed by atoms with Gasteiger partial charge in [0.25, 0.3) is 0 Å². The first-order valence-electron chi connectivity index (χ1n) is 5.99. The monoisotopic (exact) mass is 259 g/mol. The molecule has 0 aliphatic rings. The van der Waals surface area contributed by atoms with E-state index in [0.717, 1.165) is 5.56 Å². The van der Waals surface area contributed by atoms with E-state index in [2.05, 4.69) is 4.98 Å². The SMILES string of the molecule is COc1cccc(OC)c1C(O)c1ccc(C)cn1. The van der Waals surface area contributed by atoms with Crippen molar-refractivity contribution in [2.45, 2.75) is 13.0 Å². The predicted octanol–water partition coefficient (Wildman–Crippen LogP) is 2.49. The third-order valence-electron chi connectivity index (χ3n) is 2.95. The topological polar surface area (TPSA) is 51.6 Å². The van der Waals surface area contributed by atoms with Crippen molar-refractivity contribution in [3.63, 3.8) is 0 Å². The standard InChI is InChI=1S/C15H17NO3/c1-10-7-8-11(16-9-10)15(17)14-12(18-2)5-4-6-13(14)19-3/h4-9,15,17H,1-3H3. The number of aromatic nitrogens is 1. The largest absolute Gasteiger partial charge is 0.496 e. The lowest BCUT2D eigenvalue weighted by Crippen LogP contribution is -2.06. The minimum absolute atomic E-state index is 0.563. The quantitative estimate of drug-likeness (QED) is 0.916. The molecule has 0 bridgehead atoms. The number of rotatable bonds is 4. The molecule has 0 fully saturated rings. The van der Waals surface area contributed by atoms with Gasteiger partial charge in [-0.3, -0.25) is 4.98 Å². The molecule has 1 atom stereocenters. The molecule has 2 rings (SSSR count). The number of ether oxygens (including phenoxy) is 2. The number of aliphatic hydroxyl groups excluding tert-OH is 1. The first-order valence-corrected chi connectivity index (χ1v) is 5.99. The summed E-state index contributed by atoms with van der Waals surface area (Å²) in [6.45, 7) is 1.95. The van der Waals surface area contributed by atoms with E-state index in [4.69, 9.17) is 9.47 Å².